The highest BCUT2D eigenvalue weighted by atomic mass is 19.3. The third-order valence-corrected chi connectivity index (χ3v) is 3.72. The lowest BCUT2D eigenvalue weighted by Gasteiger charge is -2.39. The van der Waals surface area contributed by atoms with Crippen LogP contribution in [0, 0.1) is 0 Å². The van der Waals surface area contributed by atoms with Gasteiger partial charge in [0.15, 0.2) is 0 Å². The first-order chi connectivity index (χ1) is 9.94. The average molecular weight is 297 g/mol. The molecule has 1 atom stereocenters. The molecule has 2 aliphatic heterocycles. The second kappa shape index (κ2) is 5.09. The van der Waals surface area contributed by atoms with Gasteiger partial charge >= 0.3 is 0 Å². The minimum absolute atomic E-state index is 0.0249. The van der Waals surface area contributed by atoms with Gasteiger partial charge in [0.1, 0.15) is 24.0 Å². The van der Waals surface area contributed by atoms with E-state index in [1.807, 2.05) is 0 Å². The zero-order valence-corrected chi connectivity index (χ0v) is 11.7. The topological polar surface area (TPSA) is 61.4 Å². The molecule has 0 saturated carbocycles. The van der Waals surface area contributed by atoms with Crippen molar-refractivity contribution in [1.82, 2.24) is 14.9 Å². The number of hydrogen-bond acceptors (Lipinski definition) is 5. The number of amides is 1. The van der Waals surface area contributed by atoms with Crippen LogP contribution in [0.2, 0.25) is 0 Å². The number of hydrogen-bond donors (Lipinski definition) is 1. The Labute approximate surface area is 121 Å². The minimum atomic E-state index is -2.64. The van der Waals surface area contributed by atoms with E-state index in [-0.39, 0.29) is 19.0 Å². The number of carbonyl (C=O) groups excluding carboxylic acids is 1. The lowest BCUT2D eigenvalue weighted by Crippen LogP contribution is -2.56. The van der Waals surface area contributed by atoms with Crippen molar-refractivity contribution in [3.8, 4) is 0 Å². The zero-order chi connectivity index (χ0) is 15.0. The molecule has 6 nitrogen and oxygen atoms in total. The van der Waals surface area contributed by atoms with Crippen molar-refractivity contribution in [1.29, 1.82) is 0 Å². The van der Waals surface area contributed by atoms with Crippen LogP contribution in [0.15, 0.2) is 12.4 Å². The number of likely N-dealkylation sites (tertiary alicyclic amines) is 1. The van der Waals surface area contributed by atoms with E-state index in [9.17, 15) is 13.6 Å². The summed E-state index contributed by atoms with van der Waals surface area (Å²) < 4.78 is 25.7. The number of alkyl halides is 2. The first-order valence-electron chi connectivity index (χ1n) is 6.95. The summed E-state index contributed by atoms with van der Waals surface area (Å²) in [6.45, 7) is 2.70. The Kier molecular flexibility index (Phi) is 3.38. The van der Waals surface area contributed by atoms with Crippen LogP contribution in [0.3, 0.4) is 0 Å². The molecule has 3 heterocycles. The van der Waals surface area contributed by atoms with Gasteiger partial charge in [0.05, 0.1) is 13.1 Å². The van der Waals surface area contributed by atoms with Gasteiger partial charge in [0, 0.05) is 19.2 Å². The van der Waals surface area contributed by atoms with Gasteiger partial charge in [-0.25, -0.2) is 18.7 Å². The molecule has 0 unspecified atom stereocenters. The van der Waals surface area contributed by atoms with Crippen LogP contribution in [0.5, 0.6) is 0 Å². The van der Waals surface area contributed by atoms with Crippen molar-refractivity contribution in [3.05, 3.63) is 12.4 Å². The molecule has 0 spiro atoms. The Balaban J connectivity index is 1.62. The number of halogens is 2. The van der Waals surface area contributed by atoms with Crippen LogP contribution < -0.4 is 10.2 Å². The molecule has 21 heavy (non-hydrogen) atoms. The van der Waals surface area contributed by atoms with E-state index >= 15 is 0 Å². The molecule has 3 rings (SSSR count). The van der Waals surface area contributed by atoms with Crippen molar-refractivity contribution in [2.45, 2.75) is 25.3 Å². The smallest absolute Gasteiger partial charge is 0.282 e. The van der Waals surface area contributed by atoms with Crippen molar-refractivity contribution in [3.63, 3.8) is 0 Å². The van der Waals surface area contributed by atoms with Crippen LogP contribution in [-0.2, 0) is 4.79 Å². The average Bonchev–Trinajstić information content (AvgIpc) is 2.34. The maximum Gasteiger partial charge on any atom is 0.282 e. The van der Waals surface area contributed by atoms with Gasteiger partial charge in [0.2, 0.25) is 5.91 Å². The third kappa shape index (κ3) is 2.88. The quantitative estimate of drug-likeness (QED) is 0.897. The number of aromatic nitrogens is 2. The van der Waals surface area contributed by atoms with Gasteiger partial charge in [-0.2, -0.15) is 0 Å². The zero-order valence-electron chi connectivity index (χ0n) is 11.7. The predicted molar refractivity (Wildman–Crippen MR) is 73.5 cm³/mol. The van der Waals surface area contributed by atoms with E-state index in [0.717, 1.165) is 19.5 Å². The molecule has 8 heteroatoms. The summed E-state index contributed by atoms with van der Waals surface area (Å²) in [6, 6.07) is 1.20. The first kappa shape index (κ1) is 14.0. The van der Waals surface area contributed by atoms with Gasteiger partial charge in [-0.15, -0.1) is 0 Å². The summed E-state index contributed by atoms with van der Waals surface area (Å²) in [6.07, 6.45) is 2.36. The Morgan fingerprint density at radius 3 is 2.67 bits per heavy atom. The second-order valence-corrected chi connectivity index (χ2v) is 5.52. The molecule has 1 N–H and O–H groups in total. The highest BCUT2D eigenvalue weighted by Crippen LogP contribution is 2.31. The van der Waals surface area contributed by atoms with Crippen molar-refractivity contribution in [2.24, 2.45) is 0 Å². The molecule has 0 radical (unpaired) electrons. The number of nitrogens with one attached hydrogen (secondary N) is 1. The number of nitrogens with zero attached hydrogens (tertiary/aromatic N) is 4. The number of rotatable bonds is 4. The first-order valence-corrected chi connectivity index (χ1v) is 6.95. The largest absolute Gasteiger partial charge is 0.358 e. The summed E-state index contributed by atoms with van der Waals surface area (Å²) in [5, 5.41) is 3.00. The van der Waals surface area contributed by atoms with Gasteiger partial charge < -0.3 is 15.1 Å². The molecule has 0 bridgehead atoms. The molecule has 1 amide bonds. The van der Waals surface area contributed by atoms with Crippen LogP contribution in [0.25, 0.3) is 0 Å². The van der Waals surface area contributed by atoms with Gasteiger partial charge in [-0.3, -0.25) is 4.79 Å². The summed E-state index contributed by atoms with van der Waals surface area (Å²) in [5.41, 5.74) is 0. The summed E-state index contributed by atoms with van der Waals surface area (Å²) in [5.74, 6) is -1.70. The van der Waals surface area contributed by atoms with E-state index in [4.69, 9.17) is 0 Å². The van der Waals surface area contributed by atoms with E-state index < -0.39 is 12.0 Å². The van der Waals surface area contributed by atoms with Gasteiger partial charge in [-0.05, 0) is 13.3 Å². The normalized spacial score (nSPS) is 21.3. The van der Waals surface area contributed by atoms with Gasteiger partial charge in [-0.1, -0.05) is 0 Å². The molecule has 1 aromatic rings. The van der Waals surface area contributed by atoms with E-state index in [2.05, 4.69) is 15.3 Å². The monoisotopic (exact) mass is 297 g/mol. The molecule has 2 fully saturated rings. The van der Waals surface area contributed by atoms with Crippen molar-refractivity contribution < 1.29 is 13.6 Å². The van der Waals surface area contributed by atoms with E-state index in [0.29, 0.717) is 11.6 Å². The van der Waals surface area contributed by atoms with Gasteiger partial charge in [0.25, 0.3) is 5.92 Å². The maximum atomic E-state index is 12.9. The van der Waals surface area contributed by atoms with Crippen LogP contribution in [-0.4, -0.2) is 58.9 Å². The summed E-state index contributed by atoms with van der Waals surface area (Å²) in [4.78, 5) is 23.3. The molecule has 114 valence electrons. The molecule has 1 aromatic heterocycles. The summed E-state index contributed by atoms with van der Waals surface area (Å²) in [7, 11) is 0. The maximum absolute atomic E-state index is 12.9. The van der Waals surface area contributed by atoms with Crippen molar-refractivity contribution >= 4 is 17.5 Å². The SMILES string of the molecule is C[C@@H](Nc1cc(N2CC(F)(F)C2)ncn1)C(=O)N1CCC1. The standard InChI is InChI=1S/C13H17F2N5O/c1-9(12(21)19-3-2-4-19)18-10-5-11(17-8-16-10)20-6-13(14,15)7-20/h5,8-9H,2-4,6-7H2,1H3,(H,16,17,18)/t9-/m1/s1. The summed E-state index contributed by atoms with van der Waals surface area (Å²) >= 11 is 0. The van der Waals surface area contributed by atoms with Crippen molar-refractivity contribution in [2.75, 3.05) is 36.4 Å². The lowest BCUT2D eigenvalue weighted by atomic mass is 10.1. The lowest BCUT2D eigenvalue weighted by molar-refractivity contribution is -0.135. The molecule has 0 aromatic carbocycles. The Morgan fingerprint density at radius 1 is 1.38 bits per heavy atom. The molecule has 2 aliphatic rings. The highest BCUT2D eigenvalue weighted by molar-refractivity contribution is 5.84. The fourth-order valence-electron chi connectivity index (χ4n) is 2.37. The van der Waals surface area contributed by atoms with E-state index in [1.165, 1.54) is 11.2 Å². The third-order valence-electron chi connectivity index (χ3n) is 3.72. The molecule has 0 aliphatic carbocycles. The van der Waals surface area contributed by atoms with Crippen LogP contribution in [0.1, 0.15) is 13.3 Å². The fourth-order valence-corrected chi connectivity index (χ4v) is 2.37. The van der Waals surface area contributed by atoms with Crippen LogP contribution in [0.4, 0.5) is 20.4 Å². The molecule has 2 saturated heterocycles. The second-order valence-electron chi connectivity index (χ2n) is 5.52. The van der Waals surface area contributed by atoms with E-state index in [1.54, 1.807) is 17.9 Å². The minimum Gasteiger partial charge on any atom is -0.358 e. The molecular weight excluding hydrogens is 280 g/mol. The molecular formula is C13H17F2N5O. The predicted octanol–water partition coefficient (Wildman–Crippen LogP) is 0.965. The Hall–Kier alpha value is -1.99. The Morgan fingerprint density at radius 2 is 2.10 bits per heavy atom. The fraction of sp³-hybridized carbons (Fsp3) is 0.615. The van der Waals surface area contributed by atoms with Crippen LogP contribution >= 0.6 is 0 Å². The highest BCUT2D eigenvalue weighted by Gasteiger charge is 2.44. The Bertz CT molecular complexity index is 541. The number of anilines is 2. The number of carbonyl (C=O) groups is 1.